The number of nitrogens with one attached hydrogen (secondary N) is 1. The molecular formula is C14H12F3NO. The number of alkyl halides is 3. The van der Waals surface area contributed by atoms with Gasteiger partial charge >= 0.3 is 6.18 Å². The number of H-pyrrole nitrogens is 1. The molecule has 0 saturated heterocycles. The second-order valence-corrected chi connectivity index (χ2v) is 4.46. The van der Waals surface area contributed by atoms with Crippen molar-refractivity contribution < 1.29 is 13.2 Å². The van der Waals surface area contributed by atoms with E-state index < -0.39 is 17.3 Å². The molecule has 2 nitrogen and oxygen atoms in total. The summed E-state index contributed by atoms with van der Waals surface area (Å²) < 4.78 is 38.1. The highest BCUT2D eigenvalue weighted by Gasteiger charge is 2.31. The summed E-state index contributed by atoms with van der Waals surface area (Å²) in [5.41, 5.74) is 0.807. The Kier molecular flexibility index (Phi) is 3.22. The molecule has 0 unspecified atom stereocenters. The number of benzene rings is 1. The standard InChI is InChI=1S/C14H12F3NO/c1-8-3-4-9(2)11(5-8)12-6-10(14(15,16)17)7-13(19)18-12/h3-7H,1-2H3,(H,18,19). The Hall–Kier alpha value is -2.04. The van der Waals surface area contributed by atoms with E-state index in [1.807, 2.05) is 19.1 Å². The van der Waals surface area contributed by atoms with E-state index >= 15 is 0 Å². The van der Waals surface area contributed by atoms with Gasteiger partial charge in [0.2, 0.25) is 5.56 Å². The van der Waals surface area contributed by atoms with Crippen molar-refractivity contribution >= 4 is 0 Å². The Morgan fingerprint density at radius 2 is 1.74 bits per heavy atom. The van der Waals surface area contributed by atoms with Crippen LogP contribution >= 0.6 is 0 Å². The molecule has 0 aliphatic rings. The van der Waals surface area contributed by atoms with Crippen molar-refractivity contribution in [1.29, 1.82) is 0 Å². The van der Waals surface area contributed by atoms with E-state index in [1.54, 1.807) is 13.0 Å². The lowest BCUT2D eigenvalue weighted by molar-refractivity contribution is -0.137. The summed E-state index contributed by atoms with van der Waals surface area (Å²) in [5, 5.41) is 0. The van der Waals surface area contributed by atoms with Gasteiger partial charge in [0.25, 0.3) is 0 Å². The Balaban J connectivity index is 2.66. The molecule has 2 aromatic rings. The maximum atomic E-state index is 12.7. The second-order valence-electron chi connectivity index (χ2n) is 4.46. The van der Waals surface area contributed by atoms with Crippen molar-refractivity contribution in [3.8, 4) is 11.3 Å². The van der Waals surface area contributed by atoms with Crippen molar-refractivity contribution in [2.24, 2.45) is 0 Å². The summed E-state index contributed by atoms with van der Waals surface area (Å²) >= 11 is 0. The Bertz CT molecular complexity index is 671. The van der Waals surface area contributed by atoms with Crippen LogP contribution in [0.15, 0.2) is 35.1 Å². The van der Waals surface area contributed by atoms with Crippen LogP contribution in [0, 0.1) is 13.8 Å². The van der Waals surface area contributed by atoms with Gasteiger partial charge in [0.05, 0.1) is 5.56 Å². The van der Waals surface area contributed by atoms with E-state index in [9.17, 15) is 18.0 Å². The minimum atomic E-state index is -4.53. The first-order valence-corrected chi connectivity index (χ1v) is 5.66. The van der Waals surface area contributed by atoms with Crippen LogP contribution in [0.3, 0.4) is 0 Å². The van der Waals surface area contributed by atoms with Crippen molar-refractivity contribution in [3.63, 3.8) is 0 Å². The monoisotopic (exact) mass is 267 g/mol. The maximum Gasteiger partial charge on any atom is 0.416 e. The maximum absolute atomic E-state index is 12.7. The number of aryl methyl sites for hydroxylation is 2. The molecule has 5 heteroatoms. The second kappa shape index (κ2) is 4.57. The molecule has 0 saturated carbocycles. The zero-order valence-corrected chi connectivity index (χ0v) is 10.4. The van der Waals surface area contributed by atoms with Crippen molar-refractivity contribution in [3.05, 3.63) is 57.4 Å². The van der Waals surface area contributed by atoms with Crippen LogP contribution < -0.4 is 5.56 Å². The lowest BCUT2D eigenvalue weighted by atomic mass is 10.0. The Morgan fingerprint density at radius 3 is 2.37 bits per heavy atom. The lowest BCUT2D eigenvalue weighted by Crippen LogP contribution is -2.14. The van der Waals surface area contributed by atoms with Crippen LogP contribution in [0.1, 0.15) is 16.7 Å². The zero-order valence-electron chi connectivity index (χ0n) is 10.4. The minimum Gasteiger partial charge on any atom is -0.322 e. The number of halogens is 3. The fourth-order valence-corrected chi connectivity index (χ4v) is 1.88. The third kappa shape index (κ3) is 2.86. The number of hydrogen-bond acceptors (Lipinski definition) is 1. The van der Waals surface area contributed by atoms with E-state index in [4.69, 9.17) is 0 Å². The summed E-state index contributed by atoms with van der Waals surface area (Å²) in [5.74, 6) is 0. The third-order valence-electron chi connectivity index (χ3n) is 2.85. The van der Waals surface area contributed by atoms with Crippen LogP contribution in [0.2, 0.25) is 0 Å². The van der Waals surface area contributed by atoms with E-state index in [-0.39, 0.29) is 5.69 Å². The van der Waals surface area contributed by atoms with E-state index in [0.29, 0.717) is 11.6 Å². The molecule has 0 aliphatic heterocycles. The van der Waals surface area contributed by atoms with E-state index in [2.05, 4.69) is 4.98 Å². The number of pyridine rings is 1. The number of aromatic amines is 1. The molecule has 100 valence electrons. The quantitative estimate of drug-likeness (QED) is 0.840. The van der Waals surface area contributed by atoms with Gasteiger partial charge < -0.3 is 4.98 Å². The highest BCUT2D eigenvalue weighted by atomic mass is 19.4. The summed E-state index contributed by atoms with van der Waals surface area (Å²) in [6.07, 6.45) is -4.53. The number of aromatic nitrogens is 1. The predicted molar refractivity (Wildman–Crippen MR) is 67.0 cm³/mol. The molecule has 0 spiro atoms. The van der Waals surface area contributed by atoms with Gasteiger partial charge in [-0.05, 0) is 31.5 Å². The van der Waals surface area contributed by atoms with Crippen LogP contribution in [-0.4, -0.2) is 4.98 Å². The van der Waals surface area contributed by atoms with Gasteiger partial charge in [-0.2, -0.15) is 13.2 Å². The summed E-state index contributed by atoms with van der Waals surface area (Å²) in [6.45, 7) is 3.63. The van der Waals surface area contributed by atoms with Crippen molar-refractivity contribution in [2.75, 3.05) is 0 Å². The molecule has 1 aromatic carbocycles. The molecule has 0 bridgehead atoms. The van der Waals surface area contributed by atoms with Gasteiger partial charge in [-0.15, -0.1) is 0 Å². The minimum absolute atomic E-state index is 0.182. The molecule has 0 fully saturated rings. The molecule has 0 aliphatic carbocycles. The summed E-state index contributed by atoms with van der Waals surface area (Å²) in [7, 11) is 0. The van der Waals surface area contributed by atoms with Gasteiger partial charge in [-0.3, -0.25) is 4.79 Å². The summed E-state index contributed by atoms with van der Waals surface area (Å²) in [4.78, 5) is 13.8. The van der Waals surface area contributed by atoms with Crippen molar-refractivity contribution in [2.45, 2.75) is 20.0 Å². The van der Waals surface area contributed by atoms with Crippen molar-refractivity contribution in [1.82, 2.24) is 4.98 Å². The van der Waals surface area contributed by atoms with Crippen LogP contribution in [0.25, 0.3) is 11.3 Å². The largest absolute Gasteiger partial charge is 0.416 e. The highest BCUT2D eigenvalue weighted by molar-refractivity contribution is 5.64. The molecule has 0 atom stereocenters. The Morgan fingerprint density at radius 1 is 1.05 bits per heavy atom. The average molecular weight is 267 g/mol. The van der Waals surface area contributed by atoms with E-state index in [0.717, 1.165) is 17.2 Å². The molecule has 2 rings (SSSR count). The van der Waals surface area contributed by atoms with E-state index in [1.165, 1.54) is 0 Å². The van der Waals surface area contributed by atoms with Crippen LogP contribution in [0.4, 0.5) is 13.2 Å². The third-order valence-corrected chi connectivity index (χ3v) is 2.85. The highest BCUT2D eigenvalue weighted by Crippen LogP contribution is 2.31. The molecule has 0 amide bonds. The zero-order chi connectivity index (χ0) is 14.2. The van der Waals surface area contributed by atoms with Gasteiger partial charge in [0, 0.05) is 17.3 Å². The first-order valence-electron chi connectivity index (χ1n) is 5.66. The van der Waals surface area contributed by atoms with Gasteiger partial charge in [0.15, 0.2) is 0 Å². The number of rotatable bonds is 1. The van der Waals surface area contributed by atoms with Crippen LogP contribution in [0.5, 0.6) is 0 Å². The van der Waals surface area contributed by atoms with Gasteiger partial charge in [-0.1, -0.05) is 17.7 Å². The first-order chi connectivity index (χ1) is 8.77. The molecule has 1 aromatic heterocycles. The van der Waals surface area contributed by atoms with Crippen LogP contribution in [-0.2, 0) is 6.18 Å². The first kappa shape index (κ1) is 13.4. The number of hydrogen-bond donors (Lipinski definition) is 1. The molecule has 0 radical (unpaired) electrons. The fourth-order valence-electron chi connectivity index (χ4n) is 1.88. The molecule has 19 heavy (non-hydrogen) atoms. The lowest BCUT2D eigenvalue weighted by Gasteiger charge is -2.11. The van der Waals surface area contributed by atoms with Gasteiger partial charge in [0.1, 0.15) is 0 Å². The SMILES string of the molecule is Cc1ccc(C)c(-c2cc(C(F)(F)F)cc(=O)[nH]2)c1. The fraction of sp³-hybridized carbons (Fsp3) is 0.214. The Labute approximate surface area is 107 Å². The molecular weight excluding hydrogens is 255 g/mol. The van der Waals surface area contributed by atoms with Gasteiger partial charge in [-0.25, -0.2) is 0 Å². The summed E-state index contributed by atoms with van der Waals surface area (Å²) in [6, 6.07) is 6.95. The average Bonchev–Trinajstić information content (AvgIpc) is 2.30. The predicted octanol–water partition coefficient (Wildman–Crippen LogP) is 3.68. The normalized spacial score (nSPS) is 11.6. The topological polar surface area (TPSA) is 32.9 Å². The molecule has 1 N–H and O–H groups in total. The molecule has 1 heterocycles. The smallest absolute Gasteiger partial charge is 0.322 e.